The summed E-state index contributed by atoms with van der Waals surface area (Å²) >= 11 is 6.40. The molecule has 4 N–H and O–H groups in total. The van der Waals surface area contributed by atoms with E-state index >= 15 is 0 Å². The molecule has 25 heavy (non-hydrogen) atoms. The van der Waals surface area contributed by atoms with E-state index in [1.165, 1.54) is 0 Å². The molecule has 0 fully saturated rings. The minimum atomic E-state index is 0.164. The Morgan fingerprint density at radius 2 is 1.80 bits per heavy atom. The van der Waals surface area contributed by atoms with Gasteiger partial charge in [-0.25, -0.2) is 9.97 Å². The highest BCUT2D eigenvalue weighted by molar-refractivity contribution is 6.35. The first kappa shape index (κ1) is 15.3. The van der Waals surface area contributed by atoms with Crippen molar-refractivity contribution < 1.29 is 0 Å². The van der Waals surface area contributed by atoms with Gasteiger partial charge in [0.2, 0.25) is 0 Å². The molecule has 0 unspecified atom stereocenters. The van der Waals surface area contributed by atoms with Gasteiger partial charge in [-0.1, -0.05) is 17.7 Å². The van der Waals surface area contributed by atoms with E-state index in [9.17, 15) is 0 Å². The first-order valence-corrected chi connectivity index (χ1v) is 7.88. The van der Waals surface area contributed by atoms with Crippen molar-refractivity contribution in [3.63, 3.8) is 0 Å². The van der Waals surface area contributed by atoms with E-state index < -0.39 is 0 Å². The number of hydrogen-bond acceptors (Lipinski definition) is 6. The summed E-state index contributed by atoms with van der Waals surface area (Å²) < 4.78 is 1.69. The third-order valence-electron chi connectivity index (χ3n) is 3.84. The predicted octanol–water partition coefficient (Wildman–Crippen LogP) is 2.91. The van der Waals surface area contributed by atoms with E-state index in [1.54, 1.807) is 16.9 Å². The van der Waals surface area contributed by atoms with Crippen LogP contribution in [0.5, 0.6) is 0 Å². The molecular weight excluding hydrogens is 338 g/mol. The van der Waals surface area contributed by atoms with Crippen LogP contribution >= 0.6 is 11.6 Å². The minimum Gasteiger partial charge on any atom is -0.381 e. The predicted molar refractivity (Wildman–Crippen MR) is 98.8 cm³/mol. The van der Waals surface area contributed by atoms with Crippen molar-refractivity contribution >= 4 is 34.1 Å². The smallest absolute Gasteiger partial charge is 0.167 e. The zero-order valence-corrected chi connectivity index (χ0v) is 14.1. The molecule has 0 atom stereocenters. The molecule has 8 heteroatoms. The summed E-state index contributed by atoms with van der Waals surface area (Å²) in [6, 6.07) is 9.37. The van der Waals surface area contributed by atoms with Gasteiger partial charge in [-0.3, -0.25) is 9.67 Å². The van der Waals surface area contributed by atoms with Gasteiger partial charge < -0.3 is 11.5 Å². The van der Waals surface area contributed by atoms with Crippen LogP contribution < -0.4 is 11.5 Å². The molecule has 0 spiro atoms. The van der Waals surface area contributed by atoms with E-state index in [0.717, 1.165) is 16.5 Å². The number of fused-ring (bicyclic) bond motifs is 1. The molecule has 7 nitrogen and oxygen atoms in total. The first-order valence-electron chi connectivity index (χ1n) is 7.50. The Morgan fingerprint density at radius 1 is 1.04 bits per heavy atom. The first-order chi connectivity index (χ1) is 12.0. The molecule has 0 saturated carbocycles. The van der Waals surface area contributed by atoms with Crippen LogP contribution in [0.1, 0.15) is 0 Å². The largest absolute Gasteiger partial charge is 0.381 e. The highest BCUT2D eigenvalue weighted by Crippen LogP contribution is 2.34. The van der Waals surface area contributed by atoms with E-state index in [1.807, 2.05) is 37.5 Å². The Kier molecular flexibility index (Phi) is 3.51. The molecule has 3 heterocycles. The number of aryl methyl sites for hydroxylation is 1. The zero-order chi connectivity index (χ0) is 17.6. The number of rotatable bonds is 2. The molecule has 3 aromatic heterocycles. The van der Waals surface area contributed by atoms with Gasteiger partial charge >= 0.3 is 0 Å². The monoisotopic (exact) mass is 351 g/mol. The summed E-state index contributed by atoms with van der Waals surface area (Å²) in [5.74, 6) is 0.329. The van der Waals surface area contributed by atoms with Crippen molar-refractivity contribution in [2.24, 2.45) is 7.05 Å². The molecule has 0 amide bonds. The van der Waals surface area contributed by atoms with Crippen LogP contribution in [-0.2, 0) is 7.05 Å². The van der Waals surface area contributed by atoms with Crippen LogP contribution in [0.15, 0.2) is 42.7 Å². The number of benzene rings is 1. The Balaban J connectivity index is 2.00. The molecule has 0 aliphatic heterocycles. The van der Waals surface area contributed by atoms with Crippen LogP contribution in [0, 0.1) is 0 Å². The van der Waals surface area contributed by atoms with Crippen LogP contribution in [-0.4, -0.2) is 24.7 Å². The summed E-state index contributed by atoms with van der Waals surface area (Å²) in [5.41, 5.74) is 15.0. The fourth-order valence-corrected chi connectivity index (χ4v) is 2.94. The summed E-state index contributed by atoms with van der Waals surface area (Å²) in [6.07, 6.45) is 3.53. The molecular formula is C17H14ClN7. The number of hydrogen-bond donors (Lipinski definition) is 2. The van der Waals surface area contributed by atoms with Crippen molar-refractivity contribution in [3.05, 3.63) is 47.7 Å². The van der Waals surface area contributed by atoms with E-state index in [2.05, 4.69) is 20.1 Å². The summed E-state index contributed by atoms with van der Waals surface area (Å²) in [6.45, 7) is 0. The summed E-state index contributed by atoms with van der Waals surface area (Å²) in [4.78, 5) is 13.1. The lowest BCUT2D eigenvalue weighted by Gasteiger charge is -2.11. The quantitative estimate of drug-likeness (QED) is 0.574. The Morgan fingerprint density at radius 3 is 2.52 bits per heavy atom. The lowest BCUT2D eigenvalue weighted by Crippen LogP contribution is -2.05. The maximum Gasteiger partial charge on any atom is 0.167 e. The van der Waals surface area contributed by atoms with Crippen molar-refractivity contribution in [3.8, 4) is 22.6 Å². The SMILES string of the molecule is Cn1ccc(-c2nc(N)c(N)nc2-c2cc(Cl)c3ncccc3c2)n1. The van der Waals surface area contributed by atoms with Crippen molar-refractivity contribution in [1.82, 2.24) is 24.7 Å². The minimum absolute atomic E-state index is 0.164. The second-order valence-electron chi connectivity index (χ2n) is 5.60. The van der Waals surface area contributed by atoms with Gasteiger partial charge in [0, 0.05) is 30.4 Å². The molecule has 0 aliphatic carbocycles. The maximum atomic E-state index is 6.40. The van der Waals surface area contributed by atoms with E-state index in [0.29, 0.717) is 22.1 Å². The van der Waals surface area contributed by atoms with Crippen LogP contribution in [0.4, 0.5) is 11.6 Å². The number of aromatic nitrogens is 5. The fourth-order valence-electron chi connectivity index (χ4n) is 2.67. The molecule has 4 aromatic rings. The number of nitrogens with two attached hydrogens (primary N) is 2. The van der Waals surface area contributed by atoms with Crippen molar-refractivity contribution in [1.29, 1.82) is 0 Å². The molecule has 124 valence electrons. The third kappa shape index (κ3) is 2.64. The van der Waals surface area contributed by atoms with Crippen LogP contribution in [0.2, 0.25) is 5.02 Å². The third-order valence-corrected chi connectivity index (χ3v) is 4.13. The number of nitrogen functional groups attached to an aromatic ring is 2. The highest BCUT2D eigenvalue weighted by atomic mass is 35.5. The second kappa shape index (κ2) is 5.71. The Bertz CT molecular complexity index is 1100. The van der Waals surface area contributed by atoms with E-state index in [-0.39, 0.29) is 11.6 Å². The average Bonchev–Trinajstić information content (AvgIpc) is 3.03. The van der Waals surface area contributed by atoms with Gasteiger partial charge in [-0.2, -0.15) is 5.10 Å². The van der Waals surface area contributed by atoms with Crippen LogP contribution in [0.3, 0.4) is 0 Å². The number of pyridine rings is 1. The molecule has 4 rings (SSSR count). The van der Waals surface area contributed by atoms with Gasteiger partial charge in [0.05, 0.1) is 10.5 Å². The normalized spacial score (nSPS) is 11.1. The summed E-state index contributed by atoms with van der Waals surface area (Å²) in [7, 11) is 1.83. The zero-order valence-electron chi connectivity index (χ0n) is 13.3. The van der Waals surface area contributed by atoms with Gasteiger partial charge in [-0.05, 0) is 24.3 Å². The molecule has 0 radical (unpaired) electrons. The topological polar surface area (TPSA) is 109 Å². The Labute approximate surface area is 148 Å². The van der Waals surface area contributed by atoms with Crippen molar-refractivity contribution in [2.75, 3.05) is 11.5 Å². The molecule has 0 aliphatic rings. The van der Waals surface area contributed by atoms with E-state index in [4.69, 9.17) is 23.1 Å². The molecule has 1 aromatic carbocycles. The lowest BCUT2D eigenvalue weighted by atomic mass is 10.0. The standard InChI is InChI=1S/C17H14ClN7/c1-25-6-4-12(24-25)15-14(22-16(19)17(20)23-15)10-7-9-3-2-5-21-13(9)11(18)8-10/h2-8H,1H3,(H2,19,22)(H2,20,23). The fraction of sp³-hybridized carbons (Fsp3) is 0.0588. The number of nitrogens with zero attached hydrogens (tertiary/aromatic N) is 5. The van der Waals surface area contributed by atoms with Gasteiger partial charge in [0.15, 0.2) is 11.6 Å². The average molecular weight is 352 g/mol. The maximum absolute atomic E-state index is 6.40. The van der Waals surface area contributed by atoms with Gasteiger partial charge in [0.25, 0.3) is 0 Å². The molecule has 0 saturated heterocycles. The highest BCUT2D eigenvalue weighted by Gasteiger charge is 2.17. The number of anilines is 2. The number of halogens is 1. The second-order valence-corrected chi connectivity index (χ2v) is 6.01. The summed E-state index contributed by atoms with van der Waals surface area (Å²) in [5, 5.41) is 5.82. The lowest BCUT2D eigenvalue weighted by molar-refractivity contribution is 0.770. The van der Waals surface area contributed by atoms with Crippen molar-refractivity contribution in [2.45, 2.75) is 0 Å². The van der Waals surface area contributed by atoms with Gasteiger partial charge in [-0.15, -0.1) is 0 Å². The van der Waals surface area contributed by atoms with Gasteiger partial charge in [0.1, 0.15) is 17.1 Å². The van der Waals surface area contributed by atoms with Crippen LogP contribution in [0.25, 0.3) is 33.5 Å². The Hall–Kier alpha value is -3.19. The molecule has 0 bridgehead atoms.